The van der Waals surface area contributed by atoms with Crippen LogP contribution in [0.25, 0.3) is 22.0 Å². The number of benzene rings is 3. The van der Waals surface area contributed by atoms with Crippen molar-refractivity contribution in [3.63, 3.8) is 0 Å². The zero-order chi connectivity index (χ0) is 29.4. The molecule has 5 rings (SSSR count). The summed E-state index contributed by atoms with van der Waals surface area (Å²) in [6, 6.07) is 22.8. The molecule has 0 aliphatic heterocycles. The van der Waals surface area contributed by atoms with Gasteiger partial charge in [0.2, 0.25) is 0 Å². The quantitative estimate of drug-likeness (QED) is 0.193. The number of pyridine rings is 1. The van der Waals surface area contributed by atoms with Crippen LogP contribution in [0.15, 0.2) is 90.1 Å². The highest BCUT2D eigenvalue weighted by molar-refractivity contribution is 7.46. The number of rotatable bonds is 8. The molecule has 0 spiro atoms. The molecule has 1 atom stereocenters. The maximum atomic E-state index is 12.9. The Labute approximate surface area is 239 Å². The van der Waals surface area contributed by atoms with Crippen molar-refractivity contribution in [2.24, 2.45) is 14.1 Å². The third-order valence-corrected chi connectivity index (χ3v) is 7.57. The number of fused-ring (bicyclic) bond motifs is 1. The Morgan fingerprint density at radius 2 is 1.78 bits per heavy atom. The molecule has 0 radical (unpaired) electrons. The first kappa shape index (κ1) is 28.5. The van der Waals surface area contributed by atoms with E-state index in [0.717, 1.165) is 0 Å². The van der Waals surface area contributed by atoms with Gasteiger partial charge in [-0.05, 0) is 58.7 Å². The highest BCUT2D eigenvalue weighted by atomic mass is 35.5. The predicted octanol–water partition coefficient (Wildman–Crippen LogP) is 4.84. The molecule has 5 aromatic rings. The summed E-state index contributed by atoms with van der Waals surface area (Å²) in [5.41, 5.74) is 2.29. The third-order valence-electron chi connectivity index (χ3n) is 6.88. The average Bonchev–Trinajstić information content (AvgIpc) is 3.39. The number of imidazole rings is 1. The smallest absolute Gasteiger partial charge is 0.335 e. The summed E-state index contributed by atoms with van der Waals surface area (Å²) < 4.78 is 25.9. The van der Waals surface area contributed by atoms with Crippen LogP contribution in [-0.2, 0) is 33.5 Å². The average molecular weight is 591 g/mol. The lowest BCUT2D eigenvalue weighted by Crippen LogP contribution is -2.35. The number of hydrogen-bond donors (Lipinski definition) is 2. The van der Waals surface area contributed by atoms with Crippen molar-refractivity contribution in [2.45, 2.75) is 5.60 Å². The van der Waals surface area contributed by atoms with Crippen LogP contribution in [-0.4, -0.2) is 30.7 Å². The molecule has 0 bridgehead atoms. The first-order valence-electron chi connectivity index (χ1n) is 12.2. The first-order chi connectivity index (χ1) is 19.5. The fourth-order valence-corrected chi connectivity index (χ4v) is 5.26. The van der Waals surface area contributed by atoms with E-state index in [0.29, 0.717) is 49.4 Å². The molecule has 0 amide bonds. The molecule has 0 aliphatic rings. The maximum Gasteiger partial charge on any atom is 0.471 e. The predicted molar refractivity (Wildman–Crippen MR) is 153 cm³/mol. The minimum absolute atomic E-state index is 0.232. The summed E-state index contributed by atoms with van der Waals surface area (Å²) in [5.74, 6) is 0. The Morgan fingerprint density at radius 3 is 2.44 bits per heavy atom. The number of phosphoric acid groups is 1. The van der Waals surface area contributed by atoms with E-state index < -0.39 is 20.2 Å². The van der Waals surface area contributed by atoms with Gasteiger partial charge in [0.1, 0.15) is 0 Å². The largest absolute Gasteiger partial charge is 0.471 e. The second kappa shape index (κ2) is 11.1. The maximum absolute atomic E-state index is 12.9. The van der Waals surface area contributed by atoms with Crippen molar-refractivity contribution in [3.8, 4) is 17.2 Å². The van der Waals surface area contributed by atoms with Gasteiger partial charge in [0, 0.05) is 30.6 Å². The molecule has 10 nitrogen and oxygen atoms in total. The molecule has 2 N–H and O–H groups in total. The monoisotopic (exact) mass is 590 g/mol. The number of nitriles is 1. The van der Waals surface area contributed by atoms with Crippen molar-refractivity contribution in [2.75, 3.05) is 6.79 Å². The normalized spacial score (nSPS) is 13.2. The SMILES string of the molecule is Cn1cncc1[C@@](OCOP(=O)(O)O)(c1ccc(Cl)cc1)c1ccc2c(c1)c(-c1cccc(C#N)c1)cc(=O)n2C. The molecule has 0 unspecified atom stereocenters. The number of nitrogens with zero attached hydrogens (tertiary/aromatic N) is 4. The molecule has 0 fully saturated rings. The number of ether oxygens (including phenoxy) is 1. The fraction of sp³-hybridized carbons (Fsp3) is 0.138. The summed E-state index contributed by atoms with van der Waals surface area (Å²) in [7, 11) is -1.44. The number of aryl methyl sites for hydroxylation is 2. The minimum atomic E-state index is -4.87. The zero-order valence-corrected chi connectivity index (χ0v) is 23.6. The molecular formula is C29H24ClN4O6P. The Balaban J connectivity index is 1.84. The zero-order valence-electron chi connectivity index (χ0n) is 21.9. The van der Waals surface area contributed by atoms with Crippen molar-refractivity contribution in [3.05, 3.63) is 123 Å². The molecule has 0 aliphatic carbocycles. The lowest BCUT2D eigenvalue weighted by molar-refractivity contribution is -0.0775. The second-order valence-electron chi connectivity index (χ2n) is 9.34. The van der Waals surface area contributed by atoms with Crippen molar-refractivity contribution < 1.29 is 23.6 Å². The summed E-state index contributed by atoms with van der Waals surface area (Å²) in [5, 5.41) is 10.6. The fourth-order valence-electron chi connectivity index (χ4n) is 4.94. The molecule has 3 aromatic carbocycles. The molecule has 12 heteroatoms. The molecule has 0 saturated heterocycles. The van der Waals surface area contributed by atoms with Crippen LogP contribution >= 0.6 is 19.4 Å². The number of phosphoric ester groups is 1. The van der Waals surface area contributed by atoms with Crippen LogP contribution in [0, 0.1) is 11.3 Å². The molecular weight excluding hydrogens is 567 g/mol. The van der Waals surface area contributed by atoms with Gasteiger partial charge in [0.15, 0.2) is 12.4 Å². The highest BCUT2D eigenvalue weighted by Crippen LogP contribution is 2.44. The summed E-state index contributed by atoms with van der Waals surface area (Å²) in [6.45, 7) is -0.763. The van der Waals surface area contributed by atoms with Crippen molar-refractivity contribution in [1.29, 1.82) is 5.26 Å². The van der Waals surface area contributed by atoms with Gasteiger partial charge in [-0.1, -0.05) is 41.9 Å². The standard InChI is InChI=1S/C29H24ClN4O6P/c1-33-17-32-16-27(33)29(39-18-40-41(36,37)38,21-6-9-23(30)10-7-21)22-8-11-26-25(13-22)24(14-28(35)34(26)2)20-5-3-4-19(12-20)15-31/h3-14,16-17H,18H2,1-2H3,(H2,36,37,38)/t29-/m1/s1. The van der Waals surface area contributed by atoms with Gasteiger partial charge in [-0.15, -0.1) is 0 Å². The Morgan fingerprint density at radius 1 is 1.05 bits per heavy atom. The van der Waals surface area contributed by atoms with Crippen LogP contribution in [0.3, 0.4) is 0 Å². The topological polar surface area (TPSA) is 140 Å². The van der Waals surface area contributed by atoms with E-state index in [2.05, 4.69) is 11.1 Å². The Bertz CT molecular complexity index is 1910. The summed E-state index contributed by atoms with van der Waals surface area (Å²) >= 11 is 6.21. The molecule has 41 heavy (non-hydrogen) atoms. The third kappa shape index (κ3) is 5.47. The van der Waals surface area contributed by atoms with Crippen LogP contribution in [0.1, 0.15) is 22.4 Å². The Hall–Kier alpha value is -4.07. The summed E-state index contributed by atoms with van der Waals surface area (Å²) in [6.07, 6.45) is 3.17. The van der Waals surface area contributed by atoms with Gasteiger partial charge in [-0.3, -0.25) is 9.32 Å². The van der Waals surface area contributed by atoms with Gasteiger partial charge in [0.25, 0.3) is 5.56 Å². The van der Waals surface area contributed by atoms with E-state index in [1.54, 1.807) is 85.8 Å². The molecule has 2 aromatic heterocycles. The van der Waals surface area contributed by atoms with E-state index in [-0.39, 0.29) is 5.56 Å². The first-order valence-corrected chi connectivity index (χ1v) is 14.2. The number of aromatic nitrogens is 3. The van der Waals surface area contributed by atoms with Gasteiger partial charge >= 0.3 is 7.82 Å². The van der Waals surface area contributed by atoms with Gasteiger partial charge < -0.3 is 23.7 Å². The van der Waals surface area contributed by atoms with E-state index >= 15 is 0 Å². The van der Waals surface area contributed by atoms with Crippen molar-refractivity contribution >= 4 is 30.3 Å². The number of hydrogen-bond acceptors (Lipinski definition) is 6. The van der Waals surface area contributed by atoms with Crippen LogP contribution in [0.4, 0.5) is 0 Å². The van der Waals surface area contributed by atoms with Crippen LogP contribution < -0.4 is 5.56 Å². The molecule has 0 saturated carbocycles. The van der Waals surface area contributed by atoms with E-state index in [1.165, 1.54) is 10.6 Å². The Kier molecular flexibility index (Phi) is 7.68. The lowest BCUT2D eigenvalue weighted by atomic mass is 9.82. The molecule has 208 valence electrons. The highest BCUT2D eigenvalue weighted by Gasteiger charge is 2.41. The minimum Gasteiger partial charge on any atom is -0.335 e. The van der Waals surface area contributed by atoms with Crippen molar-refractivity contribution in [1.82, 2.24) is 14.1 Å². The van der Waals surface area contributed by atoms with Crippen LogP contribution in [0.2, 0.25) is 5.02 Å². The van der Waals surface area contributed by atoms with E-state index in [9.17, 15) is 24.4 Å². The van der Waals surface area contributed by atoms with Gasteiger partial charge in [-0.2, -0.15) is 5.26 Å². The lowest BCUT2D eigenvalue weighted by Gasteiger charge is -2.35. The number of halogens is 1. The second-order valence-corrected chi connectivity index (χ2v) is 11.0. The van der Waals surface area contributed by atoms with Gasteiger partial charge in [-0.25, -0.2) is 9.55 Å². The van der Waals surface area contributed by atoms with E-state index in [1.807, 2.05) is 12.1 Å². The van der Waals surface area contributed by atoms with E-state index in [4.69, 9.17) is 20.9 Å². The molecule has 2 heterocycles. The van der Waals surface area contributed by atoms with Gasteiger partial charge in [0.05, 0.1) is 35.4 Å². The summed E-state index contributed by atoms with van der Waals surface area (Å²) in [4.78, 5) is 36.0. The van der Waals surface area contributed by atoms with Crippen LogP contribution in [0.5, 0.6) is 0 Å².